The van der Waals surface area contributed by atoms with Gasteiger partial charge in [0.2, 0.25) is 0 Å². The van der Waals surface area contributed by atoms with Crippen LogP contribution in [-0.4, -0.2) is 18.0 Å². The molecule has 0 saturated carbocycles. The molecule has 2 bridgehead atoms. The Morgan fingerprint density at radius 2 is 1.52 bits per heavy atom. The first-order valence-electron chi connectivity index (χ1n) is 9.08. The summed E-state index contributed by atoms with van der Waals surface area (Å²) in [5.41, 5.74) is 0. The smallest absolute Gasteiger partial charge is 0.136 e. The Bertz CT molecular complexity index is 312. The van der Waals surface area contributed by atoms with Crippen molar-refractivity contribution in [2.75, 3.05) is 0 Å². The van der Waals surface area contributed by atoms with Crippen LogP contribution >= 0.6 is 0 Å². The lowest BCUT2D eigenvalue weighted by molar-refractivity contribution is -0.128. The van der Waals surface area contributed by atoms with Crippen molar-refractivity contribution in [2.24, 2.45) is 5.92 Å². The molecule has 2 aliphatic heterocycles. The molecule has 2 saturated heterocycles. The van der Waals surface area contributed by atoms with Crippen molar-refractivity contribution in [2.45, 2.75) is 95.7 Å². The van der Waals surface area contributed by atoms with E-state index in [2.05, 4.69) is 6.58 Å². The van der Waals surface area contributed by atoms with E-state index in [0.717, 1.165) is 32.1 Å². The Kier molecular flexibility index (Phi) is 7.49. The van der Waals surface area contributed by atoms with Gasteiger partial charge in [-0.3, -0.25) is 4.79 Å². The maximum absolute atomic E-state index is 12.3. The Morgan fingerprint density at radius 1 is 0.952 bits per heavy atom. The fourth-order valence-electron chi connectivity index (χ4n) is 3.80. The molecule has 0 amide bonds. The van der Waals surface area contributed by atoms with Gasteiger partial charge in [0.15, 0.2) is 0 Å². The molecule has 0 spiro atoms. The number of unbranched alkanes of at least 4 members (excludes halogenated alkanes) is 7. The molecule has 2 aliphatic rings. The molecule has 0 aromatic carbocycles. The summed E-state index contributed by atoms with van der Waals surface area (Å²) in [6, 6.07) is 0. The molecule has 2 heterocycles. The van der Waals surface area contributed by atoms with Gasteiger partial charge >= 0.3 is 0 Å². The summed E-state index contributed by atoms with van der Waals surface area (Å²) < 4.78 is 5.82. The number of hydrogen-bond acceptors (Lipinski definition) is 2. The van der Waals surface area contributed by atoms with E-state index < -0.39 is 0 Å². The molecule has 120 valence electrons. The van der Waals surface area contributed by atoms with Gasteiger partial charge in [-0.15, -0.1) is 6.58 Å². The molecule has 0 aromatic heterocycles. The van der Waals surface area contributed by atoms with Gasteiger partial charge in [0.25, 0.3) is 0 Å². The minimum atomic E-state index is 0.315. The predicted molar refractivity (Wildman–Crippen MR) is 87.4 cm³/mol. The van der Waals surface area contributed by atoms with Gasteiger partial charge < -0.3 is 4.74 Å². The Labute approximate surface area is 130 Å². The Balaban J connectivity index is 1.45. The summed E-state index contributed by atoms with van der Waals surface area (Å²) in [5.74, 6) is 0.830. The third-order valence-electron chi connectivity index (χ3n) is 5.08. The maximum Gasteiger partial charge on any atom is 0.136 e. The number of hydrogen-bond donors (Lipinski definition) is 0. The van der Waals surface area contributed by atoms with Crippen LogP contribution < -0.4 is 0 Å². The highest BCUT2D eigenvalue weighted by Gasteiger charge is 2.37. The quantitative estimate of drug-likeness (QED) is 0.386. The molecule has 2 atom stereocenters. The molecule has 21 heavy (non-hydrogen) atoms. The van der Waals surface area contributed by atoms with Gasteiger partial charge in [0, 0.05) is 12.3 Å². The van der Waals surface area contributed by atoms with E-state index >= 15 is 0 Å². The number of ketones is 1. The Morgan fingerprint density at radius 3 is 2.14 bits per heavy atom. The normalized spacial score (nSPS) is 27.7. The molecular formula is C19H32O2. The van der Waals surface area contributed by atoms with E-state index in [-0.39, 0.29) is 0 Å². The number of fused-ring (bicyclic) bond motifs is 2. The van der Waals surface area contributed by atoms with Crippen LogP contribution in [0.25, 0.3) is 0 Å². The highest BCUT2D eigenvalue weighted by Crippen LogP contribution is 2.36. The first-order chi connectivity index (χ1) is 10.3. The predicted octanol–water partition coefficient (Wildman–Crippen LogP) is 5.21. The molecular weight excluding hydrogens is 260 g/mol. The first-order valence-corrected chi connectivity index (χ1v) is 9.08. The summed E-state index contributed by atoms with van der Waals surface area (Å²) in [6.07, 6.45) is 18.0. The lowest BCUT2D eigenvalue weighted by atomic mass is 9.89. The third kappa shape index (κ3) is 5.94. The zero-order chi connectivity index (χ0) is 14.9. The van der Waals surface area contributed by atoms with Gasteiger partial charge in [-0.25, -0.2) is 0 Å². The summed E-state index contributed by atoms with van der Waals surface area (Å²) >= 11 is 0. The second-order valence-electron chi connectivity index (χ2n) is 6.89. The van der Waals surface area contributed by atoms with Crippen molar-refractivity contribution >= 4 is 5.78 Å². The SMILES string of the molecule is C=CCCCCCCCCCC(=O)C1CC2CCC(C1)O2. The van der Waals surface area contributed by atoms with Crippen molar-refractivity contribution in [3.8, 4) is 0 Å². The van der Waals surface area contributed by atoms with Crippen LogP contribution in [0, 0.1) is 5.92 Å². The van der Waals surface area contributed by atoms with Crippen LogP contribution in [0.4, 0.5) is 0 Å². The summed E-state index contributed by atoms with van der Waals surface area (Å²) in [4.78, 5) is 12.3. The van der Waals surface area contributed by atoms with Gasteiger partial charge in [0.1, 0.15) is 5.78 Å². The molecule has 2 fully saturated rings. The second-order valence-corrected chi connectivity index (χ2v) is 6.89. The van der Waals surface area contributed by atoms with Crippen molar-refractivity contribution in [1.82, 2.24) is 0 Å². The molecule has 2 nitrogen and oxygen atoms in total. The van der Waals surface area contributed by atoms with E-state index in [1.54, 1.807) is 0 Å². The minimum Gasteiger partial charge on any atom is -0.375 e. The molecule has 2 heteroatoms. The fraction of sp³-hybridized carbons (Fsp3) is 0.842. The second kappa shape index (κ2) is 9.40. The number of carbonyl (C=O) groups excluding carboxylic acids is 1. The topological polar surface area (TPSA) is 26.3 Å². The molecule has 0 radical (unpaired) electrons. The van der Waals surface area contributed by atoms with Crippen LogP contribution in [0.5, 0.6) is 0 Å². The summed E-state index contributed by atoms with van der Waals surface area (Å²) in [7, 11) is 0. The zero-order valence-electron chi connectivity index (χ0n) is 13.5. The van der Waals surface area contributed by atoms with E-state index in [4.69, 9.17) is 4.74 Å². The fourth-order valence-corrected chi connectivity index (χ4v) is 3.80. The highest BCUT2D eigenvalue weighted by molar-refractivity contribution is 5.81. The third-order valence-corrected chi connectivity index (χ3v) is 5.08. The number of ether oxygens (including phenoxy) is 1. The van der Waals surface area contributed by atoms with E-state index in [1.165, 1.54) is 51.4 Å². The van der Waals surface area contributed by atoms with Gasteiger partial charge in [-0.2, -0.15) is 0 Å². The molecule has 0 N–H and O–H groups in total. The summed E-state index contributed by atoms with van der Waals surface area (Å²) in [6.45, 7) is 3.75. The number of allylic oxidation sites excluding steroid dienone is 1. The Hall–Kier alpha value is -0.630. The first kappa shape index (κ1) is 16.7. The van der Waals surface area contributed by atoms with E-state index in [0.29, 0.717) is 23.9 Å². The number of carbonyl (C=O) groups is 1. The van der Waals surface area contributed by atoms with Crippen LogP contribution in [0.2, 0.25) is 0 Å². The highest BCUT2D eigenvalue weighted by atomic mass is 16.5. The van der Waals surface area contributed by atoms with Gasteiger partial charge in [-0.1, -0.05) is 38.2 Å². The number of Topliss-reactive ketones (excluding diaryl/α,β-unsaturated/α-hetero) is 1. The van der Waals surface area contributed by atoms with Crippen molar-refractivity contribution in [3.05, 3.63) is 12.7 Å². The minimum absolute atomic E-state index is 0.315. The molecule has 2 rings (SSSR count). The van der Waals surface area contributed by atoms with Gasteiger partial charge in [0.05, 0.1) is 12.2 Å². The van der Waals surface area contributed by atoms with Crippen molar-refractivity contribution < 1.29 is 9.53 Å². The number of rotatable bonds is 11. The lowest BCUT2D eigenvalue weighted by Crippen LogP contribution is -2.29. The van der Waals surface area contributed by atoms with Crippen LogP contribution in [0.1, 0.15) is 83.5 Å². The monoisotopic (exact) mass is 292 g/mol. The summed E-state index contributed by atoms with van der Waals surface area (Å²) in [5, 5.41) is 0. The van der Waals surface area contributed by atoms with Gasteiger partial charge in [-0.05, 0) is 44.9 Å². The van der Waals surface area contributed by atoms with Crippen molar-refractivity contribution in [1.29, 1.82) is 0 Å². The average molecular weight is 292 g/mol. The molecule has 0 aromatic rings. The van der Waals surface area contributed by atoms with E-state index in [9.17, 15) is 4.79 Å². The van der Waals surface area contributed by atoms with Crippen molar-refractivity contribution in [3.63, 3.8) is 0 Å². The lowest BCUT2D eigenvalue weighted by Gasteiger charge is -2.27. The molecule has 0 aliphatic carbocycles. The van der Waals surface area contributed by atoms with Crippen LogP contribution in [0.3, 0.4) is 0 Å². The largest absolute Gasteiger partial charge is 0.375 e. The molecule has 2 unspecified atom stereocenters. The van der Waals surface area contributed by atoms with E-state index in [1.807, 2.05) is 6.08 Å². The van der Waals surface area contributed by atoms with Crippen LogP contribution in [0.15, 0.2) is 12.7 Å². The standard InChI is InChI=1S/C19H32O2/c1-2-3-4-5-6-7-8-9-10-11-19(20)16-14-17-12-13-18(15-16)21-17/h2,16-18H,1,3-15H2. The average Bonchev–Trinajstić information content (AvgIpc) is 2.83. The maximum atomic E-state index is 12.3. The van der Waals surface area contributed by atoms with Crippen LogP contribution in [-0.2, 0) is 9.53 Å². The zero-order valence-corrected chi connectivity index (χ0v) is 13.5.